The van der Waals surface area contributed by atoms with E-state index in [2.05, 4.69) is 42.0 Å². The van der Waals surface area contributed by atoms with Gasteiger partial charge in [-0.05, 0) is 44.0 Å². The Labute approximate surface area is 116 Å². The lowest BCUT2D eigenvalue weighted by molar-refractivity contribution is 0.119. The fraction of sp³-hybridized carbons (Fsp3) is 0.625. The van der Waals surface area contributed by atoms with Gasteiger partial charge in [0.2, 0.25) is 0 Å². The van der Waals surface area contributed by atoms with Gasteiger partial charge in [0.05, 0.1) is 6.61 Å². The summed E-state index contributed by atoms with van der Waals surface area (Å²) in [6.45, 7) is 7.86. The smallest absolute Gasteiger partial charge is 0.122 e. The lowest BCUT2D eigenvalue weighted by Gasteiger charge is -2.36. The fourth-order valence-electron chi connectivity index (χ4n) is 3.04. The van der Waals surface area contributed by atoms with E-state index in [1.54, 1.807) is 0 Å². The van der Waals surface area contributed by atoms with E-state index in [0.717, 1.165) is 31.9 Å². The third-order valence-corrected chi connectivity index (χ3v) is 4.51. The van der Waals surface area contributed by atoms with E-state index in [4.69, 9.17) is 4.74 Å². The summed E-state index contributed by atoms with van der Waals surface area (Å²) in [5.74, 6) is 1.12. The van der Waals surface area contributed by atoms with E-state index in [0.29, 0.717) is 6.04 Å². The molecule has 0 saturated carbocycles. The Kier molecular flexibility index (Phi) is 3.76. The summed E-state index contributed by atoms with van der Waals surface area (Å²) >= 11 is 0. The lowest BCUT2D eigenvalue weighted by Crippen LogP contribution is -2.45. The molecule has 1 atom stereocenters. The summed E-state index contributed by atoms with van der Waals surface area (Å²) in [5.41, 5.74) is 2.77. The van der Waals surface area contributed by atoms with Crippen LogP contribution < -0.4 is 4.74 Å². The Bertz CT molecular complexity index is 438. The standard InChI is InChI=1S/C16H24N2O/c1-13(18-9-7-17(2)8-10-18)15-6-5-14-4-3-11-19-16(14)12-15/h5-6,12-13H,3-4,7-11H2,1-2H3/t13-/m0/s1. The molecule has 2 aliphatic heterocycles. The normalized spacial score (nSPS) is 22.6. The highest BCUT2D eigenvalue weighted by atomic mass is 16.5. The summed E-state index contributed by atoms with van der Waals surface area (Å²) in [4.78, 5) is 4.98. The van der Waals surface area contributed by atoms with Crippen molar-refractivity contribution in [1.29, 1.82) is 0 Å². The number of piperazine rings is 1. The van der Waals surface area contributed by atoms with Crippen molar-refractivity contribution in [2.24, 2.45) is 0 Å². The van der Waals surface area contributed by atoms with Gasteiger partial charge in [-0.3, -0.25) is 4.90 Å². The number of fused-ring (bicyclic) bond motifs is 1. The molecule has 3 rings (SSSR count). The second-order valence-corrected chi connectivity index (χ2v) is 5.83. The number of aryl methyl sites for hydroxylation is 1. The monoisotopic (exact) mass is 260 g/mol. The molecule has 104 valence electrons. The molecule has 0 N–H and O–H groups in total. The summed E-state index contributed by atoms with van der Waals surface area (Å²) in [6, 6.07) is 7.30. The van der Waals surface area contributed by atoms with Gasteiger partial charge < -0.3 is 9.64 Å². The topological polar surface area (TPSA) is 15.7 Å². The number of hydrogen-bond acceptors (Lipinski definition) is 3. The lowest BCUT2D eigenvalue weighted by atomic mass is 10.00. The van der Waals surface area contributed by atoms with Crippen LogP contribution in [-0.4, -0.2) is 49.6 Å². The Balaban J connectivity index is 1.74. The van der Waals surface area contributed by atoms with Gasteiger partial charge in [0.1, 0.15) is 5.75 Å². The second kappa shape index (κ2) is 5.51. The largest absolute Gasteiger partial charge is 0.493 e. The minimum Gasteiger partial charge on any atom is -0.493 e. The number of rotatable bonds is 2. The predicted octanol–water partition coefficient (Wildman–Crippen LogP) is 2.32. The Hall–Kier alpha value is -1.06. The van der Waals surface area contributed by atoms with Crippen molar-refractivity contribution in [2.75, 3.05) is 39.8 Å². The van der Waals surface area contributed by atoms with Crippen molar-refractivity contribution >= 4 is 0 Å². The molecule has 0 aromatic heterocycles. The van der Waals surface area contributed by atoms with Crippen molar-refractivity contribution < 1.29 is 4.74 Å². The average Bonchev–Trinajstić information content (AvgIpc) is 2.47. The maximum absolute atomic E-state index is 5.79. The van der Waals surface area contributed by atoms with Crippen LogP contribution in [0.2, 0.25) is 0 Å². The van der Waals surface area contributed by atoms with Gasteiger partial charge in [-0.25, -0.2) is 0 Å². The molecule has 1 saturated heterocycles. The van der Waals surface area contributed by atoms with Gasteiger partial charge in [0.15, 0.2) is 0 Å². The molecule has 3 heteroatoms. The Morgan fingerprint density at radius 2 is 1.95 bits per heavy atom. The molecule has 2 heterocycles. The summed E-state index contributed by atoms with van der Waals surface area (Å²) in [6.07, 6.45) is 2.32. The number of nitrogens with zero attached hydrogens (tertiary/aromatic N) is 2. The number of hydrogen-bond donors (Lipinski definition) is 0. The summed E-state index contributed by atoms with van der Waals surface area (Å²) < 4.78 is 5.79. The molecule has 19 heavy (non-hydrogen) atoms. The SMILES string of the molecule is C[C@@H](c1ccc2c(c1)OCCC2)N1CCN(C)CC1. The van der Waals surface area contributed by atoms with E-state index in [1.807, 2.05) is 0 Å². The first kappa shape index (κ1) is 12.9. The maximum atomic E-state index is 5.79. The molecule has 0 bridgehead atoms. The number of likely N-dealkylation sites (N-methyl/N-ethyl adjacent to an activating group) is 1. The van der Waals surface area contributed by atoms with E-state index in [1.165, 1.54) is 30.6 Å². The highest BCUT2D eigenvalue weighted by molar-refractivity contribution is 5.39. The Morgan fingerprint density at radius 1 is 1.16 bits per heavy atom. The van der Waals surface area contributed by atoms with Gasteiger partial charge >= 0.3 is 0 Å². The third-order valence-electron chi connectivity index (χ3n) is 4.51. The van der Waals surface area contributed by atoms with Crippen molar-refractivity contribution in [3.63, 3.8) is 0 Å². The first-order chi connectivity index (χ1) is 9.24. The minimum atomic E-state index is 0.490. The molecular formula is C16H24N2O. The van der Waals surface area contributed by atoms with Crippen LogP contribution in [0.25, 0.3) is 0 Å². The van der Waals surface area contributed by atoms with E-state index in [9.17, 15) is 0 Å². The second-order valence-electron chi connectivity index (χ2n) is 5.83. The van der Waals surface area contributed by atoms with Gasteiger partial charge in [0, 0.05) is 32.2 Å². The van der Waals surface area contributed by atoms with Crippen LogP contribution >= 0.6 is 0 Å². The maximum Gasteiger partial charge on any atom is 0.122 e. The first-order valence-corrected chi connectivity index (χ1v) is 7.42. The molecule has 0 aliphatic carbocycles. The average molecular weight is 260 g/mol. The van der Waals surface area contributed by atoms with Gasteiger partial charge in [0.25, 0.3) is 0 Å². The van der Waals surface area contributed by atoms with Crippen LogP contribution in [0.15, 0.2) is 18.2 Å². The van der Waals surface area contributed by atoms with E-state index < -0.39 is 0 Å². The van der Waals surface area contributed by atoms with Gasteiger partial charge in [-0.1, -0.05) is 12.1 Å². The third kappa shape index (κ3) is 2.77. The Morgan fingerprint density at radius 3 is 2.74 bits per heavy atom. The molecule has 0 spiro atoms. The quantitative estimate of drug-likeness (QED) is 0.811. The fourth-order valence-corrected chi connectivity index (χ4v) is 3.04. The zero-order valence-electron chi connectivity index (χ0n) is 12.1. The van der Waals surface area contributed by atoms with Crippen molar-refractivity contribution in [2.45, 2.75) is 25.8 Å². The van der Waals surface area contributed by atoms with E-state index in [-0.39, 0.29) is 0 Å². The van der Waals surface area contributed by atoms with Crippen LogP contribution in [0.3, 0.4) is 0 Å². The van der Waals surface area contributed by atoms with Crippen LogP contribution in [0.1, 0.15) is 30.5 Å². The molecule has 0 amide bonds. The highest BCUT2D eigenvalue weighted by Gasteiger charge is 2.21. The number of ether oxygens (including phenoxy) is 1. The van der Waals surface area contributed by atoms with Crippen LogP contribution in [-0.2, 0) is 6.42 Å². The molecule has 1 aromatic carbocycles. The minimum absolute atomic E-state index is 0.490. The highest BCUT2D eigenvalue weighted by Crippen LogP contribution is 2.30. The molecule has 0 unspecified atom stereocenters. The molecule has 1 fully saturated rings. The van der Waals surface area contributed by atoms with Crippen molar-refractivity contribution in [1.82, 2.24) is 9.80 Å². The molecular weight excluding hydrogens is 236 g/mol. The number of benzene rings is 1. The first-order valence-electron chi connectivity index (χ1n) is 7.42. The zero-order chi connectivity index (χ0) is 13.2. The van der Waals surface area contributed by atoms with Crippen LogP contribution in [0.5, 0.6) is 5.75 Å². The van der Waals surface area contributed by atoms with Gasteiger partial charge in [-0.15, -0.1) is 0 Å². The molecule has 1 aromatic rings. The predicted molar refractivity (Wildman–Crippen MR) is 77.7 cm³/mol. The zero-order valence-corrected chi connectivity index (χ0v) is 12.1. The van der Waals surface area contributed by atoms with Crippen LogP contribution in [0.4, 0.5) is 0 Å². The van der Waals surface area contributed by atoms with Gasteiger partial charge in [-0.2, -0.15) is 0 Å². The van der Waals surface area contributed by atoms with E-state index >= 15 is 0 Å². The summed E-state index contributed by atoms with van der Waals surface area (Å²) in [5, 5.41) is 0. The van der Waals surface area contributed by atoms with Crippen molar-refractivity contribution in [3.8, 4) is 5.75 Å². The van der Waals surface area contributed by atoms with Crippen molar-refractivity contribution in [3.05, 3.63) is 29.3 Å². The molecule has 2 aliphatic rings. The molecule has 3 nitrogen and oxygen atoms in total. The summed E-state index contributed by atoms with van der Waals surface area (Å²) in [7, 11) is 2.20. The van der Waals surface area contributed by atoms with Crippen LogP contribution in [0, 0.1) is 0 Å². The molecule has 0 radical (unpaired) electrons.